The Labute approximate surface area is 148 Å². The van der Waals surface area contributed by atoms with Crippen LogP contribution in [-0.2, 0) is 19.3 Å². The molecule has 2 aromatic rings. The predicted molar refractivity (Wildman–Crippen MR) is 103 cm³/mol. The summed E-state index contributed by atoms with van der Waals surface area (Å²) in [5.74, 6) is 0.527. The van der Waals surface area contributed by atoms with Gasteiger partial charge >= 0.3 is 0 Å². The Balaban J connectivity index is 1.46. The molecule has 1 aromatic heterocycles. The average molecular weight is 343 g/mol. The second-order valence-electron chi connectivity index (χ2n) is 6.38. The monoisotopic (exact) mass is 342 g/mol. The van der Waals surface area contributed by atoms with Crippen LogP contribution in [0.4, 0.5) is 5.69 Å². The lowest BCUT2D eigenvalue weighted by Crippen LogP contribution is -2.24. The Bertz CT molecular complexity index is 705. The van der Waals surface area contributed by atoms with E-state index in [0.29, 0.717) is 5.96 Å². The van der Waals surface area contributed by atoms with Gasteiger partial charge in [0.25, 0.3) is 0 Å². The van der Waals surface area contributed by atoms with Crippen LogP contribution in [0.1, 0.15) is 47.5 Å². The first-order chi connectivity index (χ1) is 11.7. The number of nitrogens with one attached hydrogen (secondary N) is 1. The van der Waals surface area contributed by atoms with Crippen LogP contribution in [0.25, 0.3) is 0 Å². The summed E-state index contributed by atoms with van der Waals surface area (Å²) in [6.45, 7) is 2.80. The summed E-state index contributed by atoms with van der Waals surface area (Å²) in [6, 6.07) is 6.44. The van der Waals surface area contributed by atoms with Crippen LogP contribution in [0.5, 0.6) is 0 Å². The molecule has 0 radical (unpaired) electrons. The van der Waals surface area contributed by atoms with E-state index in [1.807, 2.05) is 6.92 Å². The standard InChI is InChI=1S/C19H26N4S/c1-14-13-24-18(22-14)11-4-5-12-21-19(20)23-17-10-6-8-15-7-2-3-9-16(15)17/h6,8,10,13H,2-5,7,9,11-12H2,1H3,(H3,20,21,23). The van der Waals surface area contributed by atoms with Gasteiger partial charge in [-0.05, 0) is 69.1 Å². The Hall–Kier alpha value is -1.88. The molecule has 0 atom stereocenters. The molecular formula is C19H26N4S. The highest BCUT2D eigenvalue weighted by Crippen LogP contribution is 2.27. The minimum atomic E-state index is 0.527. The highest BCUT2D eigenvalue weighted by molar-refractivity contribution is 7.09. The highest BCUT2D eigenvalue weighted by atomic mass is 32.1. The number of hydrogen-bond donors (Lipinski definition) is 2. The number of hydrogen-bond acceptors (Lipinski definition) is 3. The molecule has 1 aliphatic rings. The number of anilines is 1. The number of aromatic nitrogens is 1. The number of nitrogens with two attached hydrogens (primary N) is 1. The summed E-state index contributed by atoms with van der Waals surface area (Å²) in [4.78, 5) is 8.96. The zero-order valence-electron chi connectivity index (χ0n) is 14.3. The van der Waals surface area contributed by atoms with E-state index in [-0.39, 0.29) is 0 Å². The number of aryl methyl sites for hydroxylation is 3. The van der Waals surface area contributed by atoms with Gasteiger partial charge in [-0.2, -0.15) is 0 Å². The van der Waals surface area contributed by atoms with Gasteiger partial charge < -0.3 is 11.1 Å². The van der Waals surface area contributed by atoms with Gasteiger partial charge in [0, 0.05) is 23.3 Å². The minimum Gasteiger partial charge on any atom is -0.370 e. The van der Waals surface area contributed by atoms with Crippen LogP contribution in [0.2, 0.25) is 0 Å². The molecule has 3 rings (SSSR count). The highest BCUT2D eigenvalue weighted by Gasteiger charge is 2.12. The topological polar surface area (TPSA) is 63.3 Å². The van der Waals surface area contributed by atoms with Crippen LogP contribution in [0, 0.1) is 6.92 Å². The summed E-state index contributed by atoms with van der Waals surface area (Å²) >= 11 is 1.74. The fraction of sp³-hybridized carbons (Fsp3) is 0.474. The fourth-order valence-electron chi connectivity index (χ4n) is 3.18. The van der Waals surface area contributed by atoms with Crippen molar-refractivity contribution in [1.29, 1.82) is 0 Å². The molecule has 1 heterocycles. The van der Waals surface area contributed by atoms with E-state index in [1.54, 1.807) is 11.3 Å². The first kappa shape index (κ1) is 17.0. The van der Waals surface area contributed by atoms with Gasteiger partial charge in [-0.3, -0.25) is 4.99 Å². The average Bonchev–Trinajstić information content (AvgIpc) is 3.00. The first-order valence-corrected chi connectivity index (χ1v) is 9.69. The molecule has 0 fully saturated rings. The van der Waals surface area contributed by atoms with Gasteiger partial charge in [0.05, 0.1) is 5.01 Å². The van der Waals surface area contributed by atoms with Crippen molar-refractivity contribution in [3.63, 3.8) is 0 Å². The molecular weight excluding hydrogens is 316 g/mol. The van der Waals surface area contributed by atoms with Crippen LogP contribution in [0.3, 0.4) is 0 Å². The van der Waals surface area contributed by atoms with E-state index in [1.165, 1.54) is 35.4 Å². The maximum atomic E-state index is 6.06. The summed E-state index contributed by atoms with van der Waals surface area (Å²) < 4.78 is 0. The zero-order chi connectivity index (χ0) is 16.8. The van der Waals surface area contributed by atoms with E-state index in [0.717, 1.165) is 43.6 Å². The fourth-order valence-corrected chi connectivity index (χ4v) is 4.00. The van der Waals surface area contributed by atoms with Gasteiger partial charge in [0.15, 0.2) is 5.96 Å². The predicted octanol–water partition coefficient (Wildman–Crippen LogP) is 4.08. The van der Waals surface area contributed by atoms with Crippen molar-refractivity contribution in [2.24, 2.45) is 10.7 Å². The van der Waals surface area contributed by atoms with Gasteiger partial charge in [-0.15, -0.1) is 11.3 Å². The summed E-state index contributed by atoms with van der Waals surface area (Å²) in [5.41, 5.74) is 11.2. The molecule has 1 aliphatic carbocycles. The summed E-state index contributed by atoms with van der Waals surface area (Å²) in [7, 11) is 0. The number of thiazole rings is 1. The van der Waals surface area contributed by atoms with Crippen molar-refractivity contribution in [3.05, 3.63) is 45.4 Å². The Kier molecular flexibility index (Phi) is 5.86. The third-order valence-electron chi connectivity index (χ3n) is 4.41. The van der Waals surface area contributed by atoms with Crippen molar-refractivity contribution < 1.29 is 0 Å². The molecule has 0 saturated carbocycles. The molecule has 0 unspecified atom stereocenters. The number of guanidine groups is 1. The second kappa shape index (κ2) is 8.29. The smallest absolute Gasteiger partial charge is 0.193 e. The normalized spacial score (nSPS) is 14.5. The molecule has 0 bridgehead atoms. The second-order valence-corrected chi connectivity index (χ2v) is 7.32. The van der Waals surface area contributed by atoms with E-state index in [9.17, 15) is 0 Å². The van der Waals surface area contributed by atoms with Crippen molar-refractivity contribution in [3.8, 4) is 0 Å². The lowest BCUT2D eigenvalue weighted by molar-refractivity contribution is 0.687. The molecule has 5 heteroatoms. The zero-order valence-corrected chi connectivity index (χ0v) is 15.2. The molecule has 0 spiro atoms. The number of nitrogens with zero attached hydrogens (tertiary/aromatic N) is 2. The summed E-state index contributed by atoms with van der Waals surface area (Å²) in [6.07, 6.45) is 8.04. The maximum Gasteiger partial charge on any atom is 0.193 e. The third kappa shape index (κ3) is 4.57. The molecule has 128 valence electrons. The molecule has 3 N–H and O–H groups in total. The molecule has 24 heavy (non-hydrogen) atoms. The molecule has 4 nitrogen and oxygen atoms in total. The number of fused-ring (bicyclic) bond motifs is 1. The van der Waals surface area contributed by atoms with Crippen molar-refractivity contribution in [2.45, 2.75) is 51.9 Å². The first-order valence-electron chi connectivity index (χ1n) is 8.81. The molecule has 0 aliphatic heterocycles. The lowest BCUT2D eigenvalue weighted by Gasteiger charge is -2.19. The Morgan fingerprint density at radius 3 is 3.00 bits per heavy atom. The minimum absolute atomic E-state index is 0.527. The van der Waals surface area contributed by atoms with Crippen LogP contribution in [-0.4, -0.2) is 17.5 Å². The Morgan fingerprint density at radius 1 is 1.29 bits per heavy atom. The number of unbranched alkanes of at least 4 members (excludes halogenated alkanes) is 1. The van der Waals surface area contributed by atoms with Gasteiger partial charge in [0.2, 0.25) is 0 Å². The number of rotatable bonds is 6. The van der Waals surface area contributed by atoms with Crippen LogP contribution < -0.4 is 11.1 Å². The summed E-state index contributed by atoms with van der Waals surface area (Å²) in [5, 5.41) is 6.63. The molecule has 0 amide bonds. The van der Waals surface area contributed by atoms with E-state index in [2.05, 4.69) is 38.9 Å². The molecule has 1 aromatic carbocycles. The quantitative estimate of drug-likeness (QED) is 0.472. The van der Waals surface area contributed by atoms with Gasteiger partial charge in [-0.1, -0.05) is 12.1 Å². The number of benzene rings is 1. The van der Waals surface area contributed by atoms with Crippen molar-refractivity contribution in [1.82, 2.24) is 4.98 Å². The van der Waals surface area contributed by atoms with E-state index < -0.39 is 0 Å². The Morgan fingerprint density at radius 2 is 2.17 bits per heavy atom. The molecule has 0 saturated heterocycles. The van der Waals surface area contributed by atoms with E-state index >= 15 is 0 Å². The van der Waals surface area contributed by atoms with E-state index in [4.69, 9.17) is 5.73 Å². The van der Waals surface area contributed by atoms with Crippen molar-refractivity contribution in [2.75, 3.05) is 11.9 Å². The lowest BCUT2D eigenvalue weighted by atomic mass is 9.90. The van der Waals surface area contributed by atoms with Gasteiger partial charge in [0.1, 0.15) is 0 Å². The SMILES string of the molecule is Cc1csc(CCCCN=C(N)Nc2cccc3c2CCCC3)n1. The number of aliphatic imine (C=N–C) groups is 1. The third-order valence-corrected chi connectivity index (χ3v) is 5.43. The van der Waals surface area contributed by atoms with Crippen LogP contribution >= 0.6 is 11.3 Å². The van der Waals surface area contributed by atoms with Crippen molar-refractivity contribution >= 4 is 23.0 Å². The van der Waals surface area contributed by atoms with Crippen LogP contribution in [0.15, 0.2) is 28.6 Å². The largest absolute Gasteiger partial charge is 0.370 e. The van der Waals surface area contributed by atoms with Gasteiger partial charge in [-0.25, -0.2) is 4.98 Å². The maximum absolute atomic E-state index is 6.06.